The molecule has 0 radical (unpaired) electrons. The average molecular weight is 409 g/mol. The van der Waals surface area contributed by atoms with Crippen LogP contribution in [-0.4, -0.2) is 42.8 Å². The average Bonchev–Trinajstić information content (AvgIpc) is 3.57. The van der Waals surface area contributed by atoms with Crippen LogP contribution in [0.15, 0.2) is 49.3 Å². The molecule has 0 spiro atoms. The number of hydrogen-bond donors (Lipinski definition) is 1. The highest BCUT2D eigenvalue weighted by Crippen LogP contribution is 2.34. The molecule has 0 aliphatic carbocycles. The first-order valence-corrected chi connectivity index (χ1v) is 10.1. The zero-order valence-corrected chi connectivity index (χ0v) is 16.7. The van der Waals surface area contributed by atoms with E-state index in [0.29, 0.717) is 17.8 Å². The van der Waals surface area contributed by atoms with Gasteiger partial charge in [-0.3, -0.25) is 4.68 Å². The molecule has 1 fully saturated rings. The fourth-order valence-electron chi connectivity index (χ4n) is 4.34. The Morgan fingerprint density at radius 1 is 1.23 bits per heavy atom. The maximum atomic E-state index is 9.48. The SMILES string of the molecule is N#CCC(C1CCN(c2ncccc2C#N)C1)n1cc(-c2ncnc3[nH]ccc23)cn1. The fourth-order valence-corrected chi connectivity index (χ4v) is 4.34. The van der Waals surface area contributed by atoms with Crippen molar-refractivity contribution in [1.82, 2.24) is 29.7 Å². The summed E-state index contributed by atoms with van der Waals surface area (Å²) in [6.07, 6.45) is 10.1. The van der Waals surface area contributed by atoms with E-state index in [0.717, 1.165) is 41.8 Å². The molecule has 9 nitrogen and oxygen atoms in total. The lowest BCUT2D eigenvalue weighted by atomic mass is 9.96. The molecule has 9 heteroatoms. The van der Waals surface area contributed by atoms with Gasteiger partial charge in [0, 0.05) is 48.5 Å². The smallest absolute Gasteiger partial charge is 0.146 e. The third-order valence-corrected chi connectivity index (χ3v) is 5.84. The molecule has 2 unspecified atom stereocenters. The number of nitrogens with zero attached hydrogens (tertiary/aromatic N) is 8. The van der Waals surface area contributed by atoms with Crippen LogP contribution in [0.5, 0.6) is 0 Å². The predicted octanol–water partition coefficient (Wildman–Crippen LogP) is 3.07. The number of anilines is 1. The van der Waals surface area contributed by atoms with Crippen LogP contribution in [0.25, 0.3) is 22.3 Å². The van der Waals surface area contributed by atoms with Crippen LogP contribution >= 0.6 is 0 Å². The Labute approximate surface area is 178 Å². The molecule has 0 saturated carbocycles. The highest BCUT2D eigenvalue weighted by atomic mass is 15.3. The predicted molar refractivity (Wildman–Crippen MR) is 114 cm³/mol. The third-order valence-electron chi connectivity index (χ3n) is 5.84. The monoisotopic (exact) mass is 409 g/mol. The van der Waals surface area contributed by atoms with E-state index in [4.69, 9.17) is 0 Å². The van der Waals surface area contributed by atoms with Crippen molar-refractivity contribution in [1.29, 1.82) is 10.5 Å². The Morgan fingerprint density at radius 2 is 2.16 bits per heavy atom. The molecule has 4 aromatic rings. The third kappa shape index (κ3) is 3.36. The van der Waals surface area contributed by atoms with E-state index in [1.165, 1.54) is 6.33 Å². The van der Waals surface area contributed by atoms with Crippen molar-refractivity contribution in [2.24, 2.45) is 5.92 Å². The second-order valence-electron chi connectivity index (χ2n) is 7.58. The molecule has 4 aromatic heterocycles. The van der Waals surface area contributed by atoms with Gasteiger partial charge in [0.1, 0.15) is 23.9 Å². The summed E-state index contributed by atoms with van der Waals surface area (Å²) in [7, 11) is 0. The quantitative estimate of drug-likeness (QED) is 0.537. The molecule has 0 amide bonds. The van der Waals surface area contributed by atoms with Crippen molar-refractivity contribution in [2.75, 3.05) is 18.0 Å². The summed E-state index contributed by atoms with van der Waals surface area (Å²) < 4.78 is 1.89. The van der Waals surface area contributed by atoms with Gasteiger partial charge in [0.25, 0.3) is 0 Å². The number of nitriles is 2. The lowest BCUT2D eigenvalue weighted by Crippen LogP contribution is -2.26. The summed E-state index contributed by atoms with van der Waals surface area (Å²) in [6.45, 7) is 1.52. The summed E-state index contributed by atoms with van der Waals surface area (Å²) in [5.74, 6) is 0.929. The molecule has 1 N–H and O–H groups in total. The van der Waals surface area contributed by atoms with E-state index in [-0.39, 0.29) is 12.0 Å². The Bertz CT molecular complexity index is 1310. The van der Waals surface area contributed by atoms with E-state index in [1.54, 1.807) is 24.5 Å². The molecule has 0 bridgehead atoms. The van der Waals surface area contributed by atoms with Gasteiger partial charge in [-0.25, -0.2) is 15.0 Å². The minimum absolute atomic E-state index is 0.0680. The van der Waals surface area contributed by atoms with Crippen molar-refractivity contribution in [3.05, 3.63) is 54.9 Å². The molecule has 2 atom stereocenters. The van der Waals surface area contributed by atoms with Crippen molar-refractivity contribution >= 4 is 16.9 Å². The van der Waals surface area contributed by atoms with Gasteiger partial charge in [-0.05, 0) is 24.6 Å². The van der Waals surface area contributed by atoms with Crippen LogP contribution in [0.4, 0.5) is 5.82 Å². The first-order valence-electron chi connectivity index (χ1n) is 10.1. The molecule has 5 heterocycles. The van der Waals surface area contributed by atoms with Crippen LogP contribution in [0, 0.1) is 28.6 Å². The van der Waals surface area contributed by atoms with Gasteiger partial charge in [0.05, 0.1) is 36.0 Å². The number of nitrogens with one attached hydrogen (secondary N) is 1. The lowest BCUT2D eigenvalue weighted by Gasteiger charge is -2.23. The number of pyridine rings is 1. The van der Waals surface area contributed by atoms with Gasteiger partial charge in [-0.1, -0.05) is 0 Å². The zero-order chi connectivity index (χ0) is 21.2. The Hall–Kier alpha value is -4.24. The van der Waals surface area contributed by atoms with Gasteiger partial charge < -0.3 is 9.88 Å². The molecule has 31 heavy (non-hydrogen) atoms. The highest BCUT2D eigenvalue weighted by molar-refractivity contribution is 5.89. The second-order valence-corrected chi connectivity index (χ2v) is 7.58. The zero-order valence-electron chi connectivity index (χ0n) is 16.7. The summed E-state index contributed by atoms with van der Waals surface area (Å²) in [6, 6.07) is 9.97. The number of fused-ring (bicyclic) bond motifs is 1. The van der Waals surface area contributed by atoms with E-state index < -0.39 is 0 Å². The highest BCUT2D eigenvalue weighted by Gasteiger charge is 2.32. The Kier molecular flexibility index (Phi) is 4.77. The van der Waals surface area contributed by atoms with Crippen molar-refractivity contribution in [3.63, 3.8) is 0 Å². The van der Waals surface area contributed by atoms with Crippen LogP contribution in [0.1, 0.15) is 24.4 Å². The van der Waals surface area contributed by atoms with Crippen molar-refractivity contribution in [3.8, 4) is 23.4 Å². The van der Waals surface area contributed by atoms with E-state index in [2.05, 4.69) is 42.1 Å². The first kappa shape index (κ1) is 18.8. The van der Waals surface area contributed by atoms with Crippen LogP contribution in [-0.2, 0) is 0 Å². The largest absolute Gasteiger partial charge is 0.355 e. The molecule has 1 aliphatic rings. The standard InChI is InChI=1S/C22H19N9/c23-6-3-19(16-5-9-30(12-16)22-15(10-24)2-1-7-26-22)31-13-17(11-29-31)20-18-4-8-25-21(18)28-14-27-20/h1-2,4,7-8,11,13-14,16,19H,3,5,9,12H2,(H,25,27,28). The van der Waals surface area contributed by atoms with Crippen LogP contribution in [0.2, 0.25) is 0 Å². The van der Waals surface area contributed by atoms with Gasteiger partial charge in [-0.2, -0.15) is 15.6 Å². The summed E-state index contributed by atoms with van der Waals surface area (Å²) >= 11 is 0. The van der Waals surface area contributed by atoms with Gasteiger partial charge in [0.15, 0.2) is 0 Å². The van der Waals surface area contributed by atoms with Gasteiger partial charge >= 0.3 is 0 Å². The maximum Gasteiger partial charge on any atom is 0.146 e. The lowest BCUT2D eigenvalue weighted by molar-refractivity contribution is 0.332. The number of aromatic nitrogens is 6. The number of hydrogen-bond acceptors (Lipinski definition) is 7. The molecule has 1 aliphatic heterocycles. The van der Waals surface area contributed by atoms with Gasteiger partial charge in [0.2, 0.25) is 0 Å². The van der Waals surface area contributed by atoms with E-state index in [1.807, 2.05) is 23.1 Å². The summed E-state index contributed by atoms with van der Waals surface area (Å²) in [4.78, 5) is 18.3. The molecule has 152 valence electrons. The number of rotatable bonds is 5. The second kappa shape index (κ2) is 7.88. The number of H-pyrrole nitrogens is 1. The maximum absolute atomic E-state index is 9.48. The summed E-state index contributed by atoms with van der Waals surface area (Å²) in [5, 5.41) is 24.4. The normalized spacial score (nSPS) is 16.8. The summed E-state index contributed by atoms with van der Waals surface area (Å²) in [5.41, 5.74) is 3.05. The van der Waals surface area contributed by atoms with E-state index in [9.17, 15) is 10.5 Å². The minimum Gasteiger partial charge on any atom is -0.355 e. The van der Waals surface area contributed by atoms with E-state index >= 15 is 0 Å². The first-order chi connectivity index (χ1) is 15.3. The van der Waals surface area contributed by atoms with Gasteiger partial charge in [-0.15, -0.1) is 0 Å². The van der Waals surface area contributed by atoms with Crippen LogP contribution in [0.3, 0.4) is 0 Å². The van der Waals surface area contributed by atoms with Crippen LogP contribution < -0.4 is 4.90 Å². The topological polar surface area (TPSA) is 123 Å². The molecular weight excluding hydrogens is 390 g/mol. The Morgan fingerprint density at radius 3 is 3.03 bits per heavy atom. The van der Waals surface area contributed by atoms with Crippen molar-refractivity contribution < 1.29 is 0 Å². The molecular formula is C22H19N9. The fraction of sp³-hybridized carbons (Fsp3) is 0.273. The Balaban J connectivity index is 1.42. The molecule has 0 aromatic carbocycles. The molecule has 5 rings (SSSR count). The molecule has 1 saturated heterocycles. The van der Waals surface area contributed by atoms with Crippen molar-refractivity contribution in [2.45, 2.75) is 18.9 Å². The number of aromatic amines is 1. The minimum atomic E-state index is -0.0680.